The van der Waals surface area contributed by atoms with Crippen LogP contribution >= 0.6 is 0 Å². The largest absolute Gasteiger partial charge is 0.355 e. The van der Waals surface area contributed by atoms with Crippen LogP contribution < -0.4 is 4.90 Å². The van der Waals surface area contributed by atoms with Crippen LogP contribution in [0.25, 0.3) is 16.5 Å². The van der Waals surface area contributed by atoms with Crippen LogP contribution in [0, 0.1) is 19.3 Å². The van der Waals surface area contributed by atoms with Gasteiger partial charge in [0.1, 0.15) is 0 Å². The van der Waals surface area contributed by atoms with Crippen molar-refractivity contribution in [2.45, 2.75) is 51.9 Å². The van der Waals surface area contributed by atoms with Gasteiger partial charge < -0.3 is 4.90 Å². The Morgan fingerprint density at radius 2 is 1.89 bits per heavy atom. The van der Waals surface area contributed by atoms with E-state index in [0.717, 1.165) is 99.7 Å². The molecule has 0 N–H and O–H groups in total. The zero-order chi connectivity index (χ0) is 27.1. The fraction of sp³-hybridized carbons (Fsp3) is 0.406. The van der Waals surface area contributed by atoms with Gasteiger partial charge >= 0.3 is 0 Å². The van der Waals surface area contributed by atoms with E-state index in [-0.39, 0.29) is 5.56 Å². The fourth-order valence-corrected chi connectivity index (χ4v) is 5.11. The van der Waals surface area contributed by atoms with Gasteiger partial charge in [0, 0.05) is 63.4 Å². The molecular weight excluding hydrogens is 478 g/mol. The van der Waals surface area contributed by atoms with Gasteiger partial charge in [0.05, 0.1) is 5.69 Å². The highest BCUT2D eigenvalue weighted by Gasteiger charge is 2.24. The second-order valence-electron chi connectivity index (χ2n) is 10.2. The third-order valence-electron chi connectivity index (χ3n) is 7.24. The lowest BCUT2D eigenvalue weighted by molar-refractivity contribution is 0.0176. The molecule has 0 saturated carbocycles. The van der Waals surface area contributed by atoms with E-state index in [1.807, 2.05) is 29.0 Å². The Bertz CT molecular complexity index is 1330. The Morgan fingerprint density at radius 1 is 1.11 bits per heavy atom. The number of halogens is 2. The van der Waals surface area contributed by atoms with Crippen molar-refractivity contribution in [2.75, 3.05) is 37.6 Å². The maximum absolute atomic E-state index is 13.7. The molecule has 0 radical (unpaired) electrons. The molecule has 0 aliphatic carbocycles. The van der Waals surface area contributed by atoms with Crippen LogP contribution in [0.4, 0.5) is 14.6 Å². The SMILES string of the molecule is C#CCCN(CC=C)CCC=C1CCCN(c2cc(C)n(-c3ccc4cc(C(C)(F)F)ccc4c3)n2)CC1. The Morgan fingerprint density at radius 3 is 2.66 bits per heavy atom. The van der Waals surface area contributed by atoms with Crippen molar-refractivity contribution in [2.24, 2.45) is 0 Å². The van der Waals surface area contributed by atoms with Crippen LogP contribution in [0.15, 0.2) is 66.8 Å². The average Bonchev–Trinajstić information content (AvgIpc) is 3.12. The standard InChI is InChI=1S/C32H38F2N4/c1-5-7-18-36(17-6-2)19-8-10-26-11-9-20-37(21-16-26)31-22-25(3)38(35-31)30-15-13-27-23-29(32(4,33)34)14-12-28(27)24-30/h1,6,10,12-15,22-24H,2,7-9,11,16-21H2,3-4H3. The summed E-state index contributed by atoms with van der Waals surface area (Å²) in [6.45, 7) is 11.5. The van der Waals surface area contributed by atoms with Crippen LogP contribution in [0.1, 0.15) is 50.3 Å². The van der Waals surface area contributed by atoms with E-state index in [1.165, 1.54) is 11.6 Å². The molecule has 4 rings (SSSR count). The average molecular weight is 517 g/mol. The number of aromatic nitrogens is 2. The first kappa shape index (κ1) is 27.6. The fourth-order valence-electron chi connectivity index (χ4n) is 5.11. The monoisotopic (exact) mass is 516 g/mol. The molecule has 1 aliphatic rings. The zero-order valence-electron chi connectivity index (χ0n) is 22.6. The third kappa shape index (κ3) is 6.90. The number of aryl methyl sites for hydroxylation is 1. The first-order valence-electron chi connectivity index (χ1n) is 13.5. The Kier molecular flexibility index (Phi) is 9.01. The minimum absolute atomic E-state index is 0.0304. The van der Waals surface area contributed by atoms with Gasteiger partial charge in [-0.15, -0.1) is 18.9 Å². The van der Waals surface area contributed by atoms with Crippen molar-refractivity contribution in [1.82, 2.24) is 14.7 Å². The molecule has 0 spiro atoms. The zero-order valence-corrected chi connectivity index (χ0v) is 22.6. The third-order valence-corrected chi connectivity index (χ3v) is 7.24. The highest BCUT2D eigenvalue weighted by molar-refractivity contribution is 5.85. The number of benzene rings is 2. The Hall–Kier alpha value is -3.43. The van der Waals surface area contributed by atoms with Gasteiger partial charge in [-0.25, -0.2) is 13.5 Å². The molecule has 0 unspecified atom stereocenters. The molecule has 1 fully saturated rings. The lowest BCUT2D eigenvalue weighted by atomic mass is 10.0. The Balaban J connectivity index is 1.42. The van der Waals surface area contributed by atoms with Gasteiger partial charge in [-0.1, -0.05) is 35.9 Å². The van der Waals surface area contributed by atoms with Gasteiger partial charge in [0.25, 0.3) is 5.92 Å². The summed E-state index contributed by atoms with van der Waals surface area (Å²) in [7, 11) is 0. The number of fused-ring (bicyclic) bond motifs is 1. The van der Waals surface area contributed by atoms with Crippen molar-refractivity contribution in [3.63, 3.8) is 0 Å². The molecule has 1 aliphatic heterocycles. The van der Waals surface area contributed by atoms with Gasteiger partial charge in [-0.05, 0) is 61.6 Å². The first-order chi connectivity index (χ1) is 18.3. The highest BCUT2D eigenvalue weighted by atomic mass is 19.3. The van der Waals surface area contributed by atoms with Gasteiger partial charge in [-0.3, -0.25) is 4.90 Å². The number of terminal acetylenes is 1. The van der Waals surface area contributed by atoms with Crippen molar-refractivity contribution >= 4 is 16.6 Å². The van der Waals surface area contributed by atoms with Gasteiger partial charge in [-0.2, -0.15) is 5.10 Å². The molecule has 1 aromatic heterocycles. The van der Waals surface area contributed by atoms with Crippen molar-refractivity contribution < 1.29 is 8.78 Å². The predicted molar refractivity (Wildman–Crippen MR) is 154 cm³/mol. The van der Waals surface area contributed by atoms with Crippen LogP contribution in [-0.2, 0) is 5.92 Å². The second-order valence-corrected chi connectivity index (χ2v) is 10.2. The van der Waals surface area contributed by atoms with Crippen LogP contribution in [0.3, 0.4) is 0 Å². The molecule has 4 nitrogen and oxygen atoms in total. The molecule has 1 saturated heterocycles. The van der Waals surface area contributed by atoms with E-state index in [9.17, 15) is 8.78 Å². The van der Waals surface area contributed by atoms with Crippen molar-refractivity contribution in [3.05, 3.63) is 78.0 Å². The number of rotatable bonds is 10. The smallest absolute Gasteiger partial charge is 0.270 e. The van der Waals surface area contributed by atoms with Crippen molar-refractivity contribution in [1.29, 1.82) is 0 Å². The molecule has 38 heavy (non-hydrogen) atoms. The minimum atomic E-state index is -2.85. The highest BCUT2D eigenvalue weighted by Crippen LogP contribution is 2.31. The predicted octanol–water partition coefficient (Wildman–Crippen LogP) is 7.26. The van der Waals surface area contributed by atoms with E-state index in [4.69, 9.17) is 11.5 Å². The molecule has 0 bridgehead atoms. The lowest BCUT2D eigenvalue weighted by Gasteiger charge is -2.19. The summed E-state index contributed by atoms with van der Waals surface area (Å²) in [5, 5.41) is 6.66. The van der Waals surface area contributed by atoms with Crippen LogP contribution in [0.5, 0.6) is 0 Å². The molecule has 200 valence electrons. The van der Waals surface area contributed by atoms with E-state index < -0.39 is 5.92 Å². The quantitative estimate of drug-likeness (QED) is 0.209. The molecule has 6 heteroatoms. The number of hydrogen-bond donors (Lipinski definition) is 0. The first-order valence-corrected chi connectivity index (χ1v) is 13.5. The molecule has 2 heterocycles. The number of alkyl halides is 2. The van der Waals surface area contributed by atoms with Crippen LogP contribution in [0.2, 0.25) is 0 Å². The maximum Gasteiger partial charge on any atom is 0.270 e. The van der Waals surface area contributed by atoms with Crippen LogP contribution in [-0.4, -0.2) is 47.4 Å². The molecular formula is C32H38F2N4. The molecule has 0 atom stereocenters. The van der Waals surface area contributed by atoms with Gasteiger partial charge in [0.15, 0.2) is 5.82 Å². The van der Waals surface area contributed by atoms with E-state index in [0.29, 0.717) is 0 Å². The number of nitrogens with zero attached hydrogens (tertiary/aromatic N) is 4. The molecule has 2 aromatic carbocycles. The summed E-state index contributed by atoms with van der Waals surface area (Å²) in [5.41, 5.74) is 3.53. The van der Waals surface area contributed by atoms with E-state index in [1.54, 1.807) is 12.1 Å². The minimum Gasteiger partial charge on any atom is -0.355 e. The van der Waals surface area contributed by atoms with Crippen molar-refractivity contribution in [3.8, 4) is 18.0 Å². The topological polar surface area (TPSA) is 24.3 Å². The van der Waals surface area contributed by atoms with E-state index in [2.05, 4.69) is 41.4 Å². The number of anilines is 1. The lowest BCUT2D eigenvalue weighted by Crippen LogP contribution is -2.25. The maximum atomic E-state index is 13.7. The summed E-state index contributed by atoms with van der Waals surface area (Å²) < 4.78 is 29.4. The Labute approximate surface area is 225 Å². The summed E-state index contributed by atoms with van der Waals surface area (Å²) in [4.78, 5) is 4.73. The summed E-state index contributed by atoms with van der Waals surface area (Å²) in [6.07, 6.45) is 14.8. The second kappa shape index (κ2) is 12.4. The summed E-state index contributed by atoms with van der Waals surface area (Å²) in [5.74, 6) is 0.858. The molecule has 3 aromatic rings. The number of hydrogen-bond acceptors (Lipinski definition) is 3. The normalized spacial score (nSPS) is 15.7. The summed E-state index contributed by atoms with van der Waals surface area (Å²) in [6, 6.07) is 12.8. The molecule has 0 amide bonds. The van der Waals surface area contributed by atoms with E-state index >= 15 is 0 Å². The van der Waals surface area contributed by atoms with Gasteiger partial charge in [0.2, 0.25) is 0 Å². The summed E-state index contributed by atoms with van der Waals surface area (Å²) >= 11 is 0.